The topological polar surface area (TPSA) is 24.9 Å². The molecule has 0 fully saturated rings. The van der Waals surface area contributed by atoms with Gasteiger partial charge in [-0.15, -0.1) is 0 Å². The molecule has 1 aromatic heterocycles. The number of para-hydroxylation sites is 1. The van der Waals surface area contributed by atoms with Gasteiger partial charge in [-0.2, -0.15) is 0 Å². The number of pyridine rings is 1. The Morgan fingerprint density at radius 2 is 2.00 bits per heavy atom. The second-order valence-electron chi connectivity index (χ2n) is 4.41. The molecule has 0 amide bonds. The summed E-state index contributed by atoms with van der Waals surface area (Å²) < 4.78 is 0. The summed E-state index contributed by atoms with van der Waals surface area (Å²) in [5, 5.41) is 4.57. The number of rotatable bonds is 5. The molecular weight excluding hydrogens is 208 g/mol. The molecule has 2 heteroatoms. The second kappa shape index (κ2) is 5.78. The predicted octanol–water partition coefficient (Wildman–Crippen LogP) is 3.69. The summed E-state index contributed by atoms with van der Waals surface area (Å²) in [6, 6.07) is 12.9. The number of unbranched alkanes of at least 4 members (excludes halogenated alkanes) is 1. The van der Waals surface area contributed by atoms with Crippen molar-refractivity contribution in [1.29, 1.82) is 0 Å². The number of nitrogens with one attached hydrogen (secondary N) is 1. The Labute approximate surface area is 103 Å². The second-order valence-corrected chi connectivity index (χ2v) is 4.41. The highest BCUT2D eigenvalue weighted by Gasteiger charge is 2.10. The van der Waals surface area contributed by atoms with Crippen LogP contribution in [0.15, 0.2) is 36.4 Å². The van der Waals surface area contributed by atoms with E-state index in [2.05, 4.69) is 42.6 Å². The van der Waals surface area contributed by atoms with Crippen LogP contribution in [-0.4, -0.2) is 12.0 Å². The van der Waals surface area contributed by atoms with Crippen LogP contribution in [0.3, 0.4) is 0 Å². The van der Waals surface area contributed by atoms with Gasteiger partial charge in [0.1, 0.15) is 0 Å². The first-order chi connectivity index (χ1) is 8.35. The lowest BCUT2D eigenvalue weighted by molar-refractivity contribution is 0.513. The summed E-state index contributed by atoms with van der Waals surface area (Å²) in [7, 11) is 2.01. The minimum Gasteiger partial charge on any atom is -0.312 e. The summed E-state index contributed by atoms with van der Waals surface area (Å²) in [6.07, 6.45) is 3.62. The van der Waals surface area contributed by atoms with Gasteiger partial charge in [-0.1, -0.05) is 44.0 Å². The first-order valence-electron chi connectivity index (χ1n) is 6.38. The quantitative estimate of drug-likeness (QED) is 0.844. The average molecular weight is 228 g/mol. The maximum absolute atomic E-state index is 4.74. The third kappa shape index (κ3) is 2.83. The fraction of sp³-hybridized carbons (Fsp3) is 0.400. The van der Waals surface area contributed by atoms with Gasteiger partial charge < -0.3 is 5.32 Å². The fourth-order valence-electron chi connectivity index (χ4n) is 2.12. The van der Waals surface area contributed by atoms with Crippen molar-refractivity contribution in [1.82, 2.24) is 10.3 Å². The molecule has 0 aliphatic heterocycles. The maximum Gasteiger partial charge on any atom is 0.0706 e. The average Bonchev–Trinajstić information content (AvgIpc) is 2.39. The molecule has 0 saturated carbocycles. The van der Waals surface area contributed by atoms with E-state index in [0.717, 1.165) is 17.6 Å². The molecular formula is C15H20N2. The molecule has 0 aliphatic carbocycles. The third-order valence-corrected chi connectivity index (χ3v) is 3.17. The number of nitrogens with zero attached hydrogens (tertiary/aromatic N) is 1. The van der Waals surface area contributed by atoms with Crippen LogP contribution in [0.2, 0.25) is 0 Å². The van der Waals surface area contributed by atoms with Crippen LogP contribution in [0.5, 0.6) is 0 Å². The standard InChI is InChI=1S/C15H20N2/c1-3-4-8-14(16-2)15-11-10-12-7-5-6-9-13(12)17-15/h5-7,9-11,14,16H,3-4,8H2,1-2H3. The first kappa shape index (κ1) is 12.1. The number of hydrogen-bond donors (Lipinski definition) is 1. The Hall–Kier alpha value is -1.41. The molecule has 0 spiro atoms. The molecule has 0 bridgehead atoms. The minimum atomic E-state index is 0.375. The molecule has 90 valence electrons. The molecule has 2 nitrogen and oxygen atoms in total. The minimum absolute atomic E-state index is 0.375. The van der Waals surface area contributed by atoms with E-state index in [1.54, 1.807) is 0 Å². The molecule has 1 aromatic carbocycles. The van der Waals surface area contributed by atoms with Crippen molar-refractivity contribution in [3.05, 3.63) is 42.1 Å². The Morgan fingerprint density at radius 1 is 1.18 bits per heavy atom. The van der Waals surface area contributed by atoms with Crippen LogP contribution in [0.1, 0.15) is 37.9 Å². The Kier molecular flexibility index (Phi) is 4.10. The van der Waals surface area contributed by atoms with Crippen molar-refractivity contribution >= 4 is 10.9 Å². The zero-order chi connectivity index (χ0) is 12.1. The lowest BCUT2D eigenvalue weighted by atomic mass is 10.1. The predicted molar refractivity (Wildman–Crippen MR) is 73.1 cm³/mol. The summed E-state index contributed by atoms with van der Waals surface area (Å²) >= 11 is 0. The zero-order valence-corrected chi connectivity index (χ0v) is 10.6. The Morgan fingerprint density at radius 3 is 2.76 bits per heavy atom. The van der Waals surface area contributed by atoms with E-state index in [9.17, 15) is 0 Å². The van der Waals surface area contributed by atoms with Crippen molar-refractivity contribution in [2.45, 2.75) is 32.2 Å². The van der Waals surface area contributed by atoms with E-state index in [1.807, 2.05) is 13.1 Å². The lowest BCUT2D eigenvalue weighted by Crippen LogP contribution is -2.17. The maximum atomic E-state index is 4.74. The van der Waals surface area contributed by atoms with Crippen LogP contribution in [-0.2, 0) is 0 Å². The van der Waals surface area contributed by atoms with Gasteiger partial charge in [-0.05, 0) is 25.6 Å². The van der Waals surface area contributed by atoms with E-state index in [1.165, 1.54) is 18.2 Å². The van der Waals surface area contributed by atoms with E-state index < -0.39 is 0 Å². The summed E-state index contributed by atoms with van der Waals surface area (Å²) in [5.74, 6) is 0. The van der Waals surface area contributed by atoms with Crippen LogP contribution in [0.4, 0.5) is 0 Å². The van der Waals surface area contributed by atoms with Gasteiger partial charge in [0.05, 0.1) is 11.2 Å². The van der Waals surface area contributed by atoms with Gasteiger partial charge in [0.15, 0.2) is 0 Å². The number of fused-ring (bicyclic) bond motifs is 1. The summed E-state index contributed by atoms with van der Waals surface area (Å²) in [6.45, 7) is 2.22. The Balaban J connectivity index is 2.27. The van der Waals surface area contributed by atoms with Crippen LogP contribution >= 0.6 is 0 Å². The van der Waals surface area contributed by atoms with E-state index in [0.29, 0.717) is 6.04 Å². The molecule has 1 atom stereocenters. The van der Waals surface area contributed by atoms with E-state index >= 15 is 0 Å². The van der Waals surface area contributed by atoms with Crippen molar-refractivity contribution in [3.8, 4) is 0 Å². The number of aromatic nitrogens is 1. The first-order valence-corrected chi connectivity index (χ1v) is 6.38. The molecule has 2 rings (SSSR count). The van der Waals surface area contributed by atoms with Gasteiger partial charge in [0, 0.05) is 11.4 Å². The summed E-state index contributed by atoms with van der Waals surface area (Å²) in [4.78, 5) is 4.74. The van der Waals surface area contributed by atoms with Crippen LogP contribution < -0.4 is 5.32 Å². The molecule has 1 unspecified atom stereocenters. The SMILES string of the molecule is CCCCC(NC)c1ccc2ccccc2n1. The van der Waals surface area contributed by atoms with Gasteiger partial charge >= 0.3 is 0 Å². The van der Waals surface area contributed by atoms with Gasteiger partial charge in [0.25, 0.3) is 0 Å². The van der Waals surface area contributed by atoms with E-state index in [4.69, 9.17) is 4.98 Å². The fourth-order valence-corrected chi connectivity index (χ4v) is 2.12. The van der Waals surface area contributed by atoms with Crippen molar-refractivity contribution in [2.24, 2.45) is 0 Å². The zero-order valence-electron chi connectivity index (χ0n) is 10.6. The highest BCUT2D eigenvalue weighted by atomic mass is 14.9. The third-order valence-electron chi connectivity index (χ3n) is 3.17. The van der Waals surface area contributed by atoms with Gasteiger partial charge in [-0.3, -0.25) is 4.98 Å². The molecule has 2 aromatic rings. The number of hydrogen-bond acceptors (Lipinski definition) is 2. The molecule has 0 saturated heterocycles. The van der Waals surface area contributed by atoms with Crippen molar-refractivity contribution in [3.63, 3.8) is 0 Å². The van der Waals surface area contributed by atoms with Crippen molar-refractivity contribution < 1.29 is 0 Å². The molecule has 0 aliphatic rings. The largest absolute Gasteiger partial charge is 0.312 e. The van der Waals surface area contributed by atoms with Crippen molar-refractivity contribution in [2.75, 3.05) is 7.05 Å². The molecule has 1 N–H and O–H groups in total. The highest BCUT2D eigenvalue weighted by Crippen LogP contribution is 2.20. The Bertz CT molecular complexity index is 479. The highest BCUT2D eigenvalue weighted by molar-refractivity contribution is 5.78. The normalized spacial score (nSPS) is 12.8. The smallest absolute Gasteiger partial charge is 0.0706 e. The van der Waals surface area contributed by atoms with Crippen LogP contribution in [0, 0.1) is 0 Å². The lowest BCUT2D eigenvalue weighted by Gasteiger charge is -2.15. The molecule has 0 radical (unpaired) electrons. The van der Waals surface area contributed by atoms with E-state index in [-0.39, 0.29) is 0 Å². The number of benzene rings is 1. The van der Waals surface area contributed by atoms with Gasteiger partial charge in [-0.25, -0.2) is 0 Å². The summed E-state index contributed by atoms with van der Waals surface area (Å²) in [5.41, 5.74) is 2.24. The van der Waals surface area contributed by atoms with Crippen LogP contribution in [0.25, 0.3) is 10.9 Å². The molecule has 17 heavy (non-hydrogen) atoms. The monoisotopic (exact) mass is 228 g/mol. The van der Waals surface area contributed by atoms with Gasteiger partial charge in [0.2, 0.25) is 0 Å². The molecule has 1 heterocycles.